The maximum absolute atomic E-state index is 12.3. The van der Waals surface area contributed by atoms with E-state index in [1.807, 2.05) is 6.07 Å². The molecule has 0 saturated carbocycles. The number of carbonyl (C=O) groups excluding carboxylic acids is 1. The van der Waals surface area contributed by atoms with Gasteiger partial charge in [-0.3, -0.25) is 4.79 Å². The minimum atomic E-state index is 0.320. The van der Waals surface area contributed by atoms with Crippen molar-refractivity contribution in [3.63, 3.8) is 0 Å². The molecule has 3 rings (SSSR count). The Labute approximate surface area is 115 Å². The molecule has 2 nitrogen and oxygen atoms in total. The first-order valence-corrected chi connectivity index (χ1v) is 7.70. The number of carbonyl (C=O) groups is 1. The maximum atomic E-state index is 12.3. The van der Waals surface area contributed by atoms with Crippen molar-refractivity contribution < 1.29 is 4.79 Å². The number of rotatable bonds is 4. The Kier molecular flexibility index (Phi) is 3.97. The van der Waals surface area contributed by atoms with E-state index in [4.69, 9.17) is 0 Å². The van der Waals surface area contributed by atoms with Gasteiger partial charge in [0.05, 0.1) is 0 Å². The summed E-state index contributed by atoms with van der Waals surface area (Å²) in [5.74, 6) is 0.320. The van der Waals surface area contributed by atoms with Crippen molar-refractivity contribution in [3.8, 4) is 0 Å². The smallest absolute Gasteiger partial charge is 0.164 e. The Morgan fingerprint density at radius 1 is 1.00 bits per heavy atom. The minimum absolute atomic E-state index is 0.320. The lowest BCUT2D eigenvalue weighted by atomic mass is 9.89. The molecule has 19 heavy (non-hydrogen) atoms. The fourth-order valence-electron chi connectivity index (χ4n) is 3.32. The molecule has 0 atom stereocenters. The van der Waals surface area contributed by atoms with E-state index in [0.29, 0.717) is 12.2 Å². The summed E-state index contributed by atoms with van der Waals surface area (Å²) in [6.07, 6.45) is 8.20. The first-order valence-electron chi connectivity index (χ1n) is 7.70. The summed E-state index contributed by atoms with van der Waals surface area (Å²) in [6.45, 7) is 3.30. The molecule has 102 valence electrons. The Morgan fingerprint density at radius 2 is 1.74 bits per heavy atom. The molecule has 0 unspecified atom stereocenters. The second-order valence-electron chi connectivity index (χ2n) is 5.91. The van der Waals surface area contributed by atoms with Gasteiger partial charge in [-0.25, -0.2) is 0 Å². The van der Waals surface area contributed by atoms with Crippen LogP contribution in [0.3, 0.4) is 0 Å². The topological polar surface area (TPSA) is 20.3 Å². The molecule has 1 fully saturated rings. The Morgan fingerprint density at radius 3 is 2.53 bits per heavy atom. The largest absolute Gasteiger partial charge is 0.303 e. The number of nitrogens with zero attached hydrogens (tertiary/aromatic N) is 1. The van der Waals surface area contributed by atoms with Gasteiger partial charge in [-0.05, 0) is 68.8 Å². The van der Waals surface area contributed by atoms with Crippen LogP contribution in [-0.4, -0.2) is 30.3 Å². The zero-order valence-electron chi connectivity index (χ0n) is 11.7. The highest BCUT2D eigenvalue weighted by atomic mass is 16.1. The van der Waals surface area contributed by atoms with Crippen molar-refractivity contribution in [1.82, 2.24) is 4.90 Å². The Hall–Kier alpha value is -1.15. The van der Waals surface area contributed by atoms with E-state index in [2.05, 4.69) is 17.0 Å². The zero-order chi connectivity index (χ0) is 13.1. The van der Waals surface area contributed by atoms with Crippen LogP contribution in [0.2, 0.25) is 0 Å². The lowest BCUT2D eigenvalue weighted by Crippen LogP contribution is -2.22. The van der Waals surface area contributed by atoms with Crippen LogP contribution in [0.5, 0.6) is 0 Å². The predicted molar refractivity (Wildman–Crippen MR) is 77.7 cm³/mol. The summed E-state index contributed by atoms with van der Waals surface area (Å²) in [5, 5.41) is 0. The summed E-state index contributed by atoms with van der Waals surface area (Å²) in [7, 11) is 0. The number of aryl methyl sites for hydroxylation is 2. The molecular formula is C17H23NO. The van der Waals surface area contributed by atoms with Crippen molar-refractivity contribution >= 4 is 5.78 Å². The van der Waals surface area contributed by atoms with Crippen LogP contribution in [0.15, 0.2) is 18.2 Å². The number of hydrogen-bond donors (Lipinski definition) is 0. The van der Waals surface area contributed by atoms with Crippen LogP contribution in [0.25, 0.3) is 0 Å². The molecule has 0 amide bonds. The average Bonchev–Trinajstić information content (AvgIpc) is 2.97. The number of ketones is 1. The third-order valence-electron chi connectivity index (χ3n) is 4.52. The Bertz CT molecular complexity index is 460. The molecule has 2 aliphatic rings. The van der Waals surface area contributed by atoms with Crippen LogP contribution in [-0.2, 0) is 12.8 Å². The fourth-order valence-corrected chi connectivity index (χ4v) is 3.32. The maximum Gasteiger partial charge on any atom is 0.164 e. The average molecular weight is 257 g/mol. The van der Waals surface area contributed by atoms with Crippen LogP contribution in [0.4, 0.5) is 0 Å². The molecule has 1 heterocycles. The lowest BCUT2D eigenvalue weighted by molar-refractivity contribution is 0.0969. The van der Waals surface area contributed by atoms with E-state index in [1.54, 1.807) is 0 Å². The number of benzene rings is 1. The zero-order valence-corrected chi connectivity index (χ0v) is 11.7. The van der Waals surface area contributed by atoms with Crippen molar-refractivity contribution in [1.29, 1.82) is 0 Å². The highest BCUT2D eigenvalue weighted by Crippen LogP contribution is 2.22. The number of likely N-dealkylation sites (tertiary alicyclic amines) is 1. The van der Waals surface area contributed by atoms with Crippen LogP contribution < -0.4 is 0 Å². The molecule has 0 bridgehead atoms. The molecule has 0 spiro atoms. The van der Waals surface area contributed by atoms with Gasteiger partial charge in [-0.1, -0.05) is 12.1 Å². The van der Waals surface area contributed by atoms with Gasteiger partial charge in [0.1, 0.15) is 0 Å². The summed E-state index contributed by atoms with van der Waals surface area (Å²) in [5.41, 5.74) is 3.81. The quantitative estimate of drug-likeness (QED) is 0.772. The van der Waals surface area contributed by atoms with Gasteiger partial charge in [0, 0.05) is 18.5 Å². The van der Waals surface area contributed by atoms with Crippen molar-refractivity contribution in [2.75, 3.05) is 19.6 Å². The summed E-state index contributed by atoms with van der Waals surface area (Å²) >= 11 is 0. The molecule has 0 radical (unpaired) electrons. The van der Waals surface area contributed by atoms with Crippen molar-refractivity contribution in [2.24, 2.45) is 0 Å². The van der Waals surface area contributed by atoms with E-state index in [0.717, 1.165) is 18.5 Å². The lowest BCUT2D eigenvalue weighted by Gasteiger charge is -2.17. The molecule has 0 aromatic heterocycles. The Balaban J connectivity index is 1.62. The van der Waals surface area contributed by atoms with Gasteiger partial charge in [-0.2, -0.15) is 0 Å². The van der Waals surface area contributed by atoms with Crippen LogP contribution >= 0.6 is 0 Å². The monoisotopic (exact) mass is 257 g/mol. The third kappa shape index (κ3) is 3.06. The van der Waals surface area contributed by atoms with Crippen LogP contribution in [0.1, 0.15) is 53.6 Å². The second-order valence-corrected chi connectivity index (χ2v) is 5.91. The second kappa shape index (κ2) is 5.87. The van der Waals surface area contributed by atoms with Crippen LogP contribution in [0, 0.1) is 0 Å². The number of Topliss-reactive ketones (excluding diaryl/α,β-unsaturated/α-hetero) is 1. The van der Waals surface area contributed by atoms with E-state index in [9.17, 15) is 4.79 Å². The van der Waals surface area contributed by atoms with E-state index in [1.165, 1.54) is 56.3 Å². The molecule has 1 aromatic carbocycles. The van der Waals surface area contributed by atoms with Gasteiger partial charge in [0.15, 0.2) is 5.78 Å². The van der Waals surface area contributed by atoms with E-state index < -0.39 is 0 Å². The molecule has 2 heteroatoms. The van der Waals surface area contributed by atoms with Gasteiger partial charge in [0.2, 0.25) is 0 Å². The molecule has 1 saturated heterocycles. The number of fused-ring (bicyclic) bond motifs is 1. The standard InChI is InChI=1S/C17H23NO/c19-17(9-12-18-10-3-4-11-18)16-8-7-14-5-1-2-6-15(14)13-16/h7-8,13H,1-6,9-12H2. The van der Waals surface area contributed by atoms with Gasteiger partial charge in [-0.15, -0.1) is 0 Å². The molecule has 1 aromatic rings. The molecule has 1 aliphatic carbocycles. The van der Waals surface area contributed by atoms with Gasteiger partial charge in [0.25, 0.3) is 0 Å². The van der Waals surface area contributed by atoms with E-state index >= 15 is 0 Å². The first kappa shape index (κ1) is 12.9. The summed E-state index contributed by atoms with van der Waals surface area (Å²) < 4.78 is 0. The van der Waals surface area contributed by atoms with Gasteiger partial charge < -0.3 is 4.90 Å². The molecule has 1 aliphatic heterocycles. The predicted octanol–water partition coefficient (Wildman–Crippen LogP) is 3.23. The SMILES string of the molecule is O=C(CCN1CCCC1)c1ccc2c(c1)CCCC2. The fraction of sp³-hybridized carbons (Fsp3) is 0.588. The number of hydrogen-bond acceptors (Lipinski definition) is 2. The van der Waals surface area contributed by atoms with E-state index in [-0.39, 0.29) is 0 Å². The highest BCUT2D eigenvalue weighted by Gasteiger charge is 2.15. The minimum Gasteiger partial charge on any atom is -0.303 e. The van der Waals surface area contributed by atoms with Crippen molar-refractivity contribution in [3.05, 3.63) is 34.9 Å². The first-order chi connectivity index (χ1) is 9.33. The third-order valence-corrected chi connectivity index (χ3v) is 4.52. The van der Waals surface area contributed by atoms with Gasteiger partial charge >= 0.3 is 0 Å². The molecule has 0 N–H and O–H groups in total. The summed E-state index contributed by atoms with van der Waals surface area (Å²) in [4.78, 5) is 14.7. The molecular weight excluding hydrogens is 234 g/mol. The highest BCUT2D eigenvalue weighted by molar-refractivity contribution is 5.96. The summed E-state index contributed by atoms with van der Waals surface area (Å²) in [6, 6.07) is 6.37. The van der Waals surface area contributed by atoms with Crippen molar-refractivity contribution in [2.45, 2.75) is 44.9 Å². The normalized spacial score (nSPS) is 19.4.